The standard InChI is InChI=1S/C12H13NO/c1-2-9-13-10-8-12(14)11-6-4-3-5-7-11/h2-8,10,13H,1,9H2/b10-8-. The molecule has 2 nitrogen and oxygen atoms in total. The van der Waals surface area contributed by atoms with E-state index in [1.54, 1.807) is 24.4 Å². The fourth-order valence-corrected chi connectivity index (χ4v) is 0.985. The quantitative estimate of drug-likeness (QED) is 0.331. The number of nitrogens with one attached hydrogen (secondary N) is 1. The van der Waals surface area contributed by atoms with E-state index >= 15 is 0 Å². The molecule has 0 aliphatic rings. The van der Waals surface area contributed by atoms with Gasteiger partial charge in [-0.05, 0) is 0 Å². The minimum absolute atomic E-state index is 0.00200. The van der Waals surface area contributed by atoms with Crippen molar-refractivity contribution in [3.8, 4) is 0 Å². The van der Waals surface area contributed by atoms with Crippen LogP contribution in [-0.2, 0) is 0 Å². The first-order valence-electron chi connectivity index (χ1n) is 4.45. The lowest BCUT2D eigenvalue weighted by atomic mass is 10.1. The Morgan fingerprint density at radius 3 is 2.71 bits per heavy atom. The Labute approximate surface area is 84.0 Å². The molecular formula is C12H13NO. The van der Waals surface area contributed by atoms with Crippen LogP contribution in [0.5, 0.6) is 0 Å². The van der Waals surface area contributed by atoms with Gasteiger partial charge in [0.2, 0.25) is 0 Å². The van der Waals surface area contributed by atoms with Crippen molar-refractivity contribution in [3.63, 3.8) is 0 Å². The van der Waals surface area contributed by atoms with Crippen molar-refractivity contribution in [2.75, 3.05) is 6.54 Å². The molecule has 0 aliphatic carbocycles. The summed E-state index contributed by atoms with van der Waals surface area (Å²) < 4.78 is 0. The van der Waals surface area contributed by atoms with E-state index in [-0.39, 0.29) is 5.78 Å². The number of benzene rings is 1. The number of hydrogen-bond donors (Lipinski definition) is 1. The third kappa shape index (κ3) is 3.27. The monoisotopic (exact) mass is 187 g/mol. The fourth-order valence-electron chi connectivity index (χ4n) is 0.985. The van der Waals surface area contributed by atoms with Gasteiger partial charge in [-0.15, -0.1) is 6.58 Å². The molecule has 0 amide bonds. The van der Waals surface area contributed by atoms with E-state index in [1.165, 1.54) is 6.08 Å². The summed E-state index contributed by atoms with van der Waals surface area (Å²) in [6.45, 7) is 4.22. The summed E-state index contributed by atoms with van der Waals surface area (Å²) in [7, 11) is 0. The average Bonchev–Trinajstić information content (AvgIpc) is 2.25. The Balaban J connectivity index is 2.51. The Morgan fingerprint density at radius 2 is 2.07 bits per heavy atom. The highest BCUT2D eigenvalue weighted by Gasteiger charge is 1.97. The van der Waals surface area contributed by atoms with Gasteiger partial charge in [-0.2, -0.15) is 0 Å². The minimum atomic E-state index is 0.00200. The van der Waals surface area contributed by atoms with Crippen LogP contribution in [0.15, 0.2) is 55.3 Å². The molecule has 0 unspecified atom stereocenters. The normalized spacial score (nSPS) is 10.0. The highest BCUT2D eigenvalue weighted by atomic mass is 16.1. The molecule has 1 N–H and O–H groups in total. The third-order valence-electron chi connectivity index (χ3n) is 1.67. The van der Waals surface area contributed by atoms with Crippen molar-refractivity contribution in [2.24, 2.45) is 0 Å². The maximum Gasteiger partial charge on any atom is 0.187 e. The topological polar surface area (TPSA) is 29.1 Å². The molecule has 0 atom stereocenters. The summed E-state index contributed by atoms with van der Waals surface area (Å²) >= 11 is 0. The zero-order valence-electron chi connectivity index (χ0n) is 7.94. The molecule has 1 aromatic rings. The predicted octanol–water partition coefficient (Wildman–Crippen LogP) is 2.16. The van der Waals surface area contributed by atoms with Gasteiger partial charge in [-0.1, -0.05) is 36.4 Å². The summed E-state index contributed by atoms with van der Waals surface area (Å²) in [5, 5.41) is 2.92. The van der Waals surface area contributed by atoms with Gasteiger partial charge in [0.15, 0.2) is 5.78 Å². The van der Waals surface area contributed by atoms with E-state index in [0.717, 1.165) is 0 Å². The number of rotatable bonds is 5. The molecule has 0 heterocycles. The summed E-state index contributed by atoms with van der Waals surface area (Å²) in [5.74, 6) is 0.00200. The van der Waals surface area contributed by atoms with Crippen LogP contribution in [0.4, 0.5) is 0 Å². The lowest BCUT2D eigenvalue weighted by Crippen LogP contribution is -2.04. The van der Waals surface area contributed by atoms with E-state index in [1.807, 2.05) is 18.2 Å². The van der Waals surface area contributed by atoms with E-state index in [4.69, 9.17) is 0 Å². The van der Waals surface area contributed by atoms with Crippen LogP contribution in [0.1, 0.15) is 10.4 Å². The van der Waals surface area contributed by atoms with Crippen LogP contribution in [0.2, 0.25) is 0 Å². The Hall–Kier alpha value is -1.83. The average molecular weight is 187 g/mol. The molecule has 2 heteroatoms. The van der Waals surface area contributed by atoms with E-state index in [9.17, 15) is 4.79 Å². The number of carbonyl (C=O) groups excluding carboxylic acids is 1. The lowest BCUT2D eigenvalue weighted by molar-refractivity contribution is 0.104. The number of allylic oxidation sites excluding steroid dienone is 1. The van der Waals surface area contributed by atoms with Crippen LogP contribution >= 0.6 is 0 Å². The molecule has 72 valence electrons. The molecule has 0 bridgehead atoms. The Morgan fingerprint density at radius 1 is 1.36 bits per heavy atom. The smallest absolute Gasteiger partial charge is 0.187 e. The highest BCUT2D eigenvalue weighted by Crippen LogP contribution is 1.99. The molecule has 1 rings (SSSR count). The van der Waals surface area contributed by atoms with Gasteiger partial charge in [0, 0.05) is 24.4 Å². The molecule has 1 aromatic carbocycles. The summed E-state index contributed by atoms with van der Waals surface area (Å²) in [4.78, 5) is 11.5. The highest BCUT2D eigenvalue weighted by molar-refractivity contribution is 6.04. The molecule has 0 radical (unpaired) electrons. The van der Waals surface area contributed by atoms with Crippen molar-refractivity contribution in [1.82, 2.24) is 5.32 Å². The van der Waals surface area contributed by atoms with Crippen LogP contribution in [-0.4, -0.2) is 12.3 Å². The van der Waals surface area contributed by atoms with Gasteiger partial charge in [-0.25, -0.2) is 0 Å². The molecule has 0 saturated carbocycles. The molecule has 0 fully saturated rings. The molecule has 0 aliphatic heterocycles. The van der Waals surface area contributed by atoms with Crippen LogP contribution in [0, 0.1) is 0 Å². The van der Waals surface area contributed by atoms with Gasteiger partial charge in [0.1, 0.15) is 0 Å². The first-order chi connectivity index (χ1) is 6.84. The summed E-state index contributed by atoms with van der Waals surface area (Å²) in [5.41, 5.74) is 0.698. The zero-order chi connectivity index (χ0) is 10.2. The van der Waals surface area contributed by atoms with Crippen molar-refractivity contribution >= 4 is 5.78 Å². The second kappa shape index (κ2) is 5.75. The van der Waals surface area contributed by atoms with Gasteiger partial charge < -0.3 is 5.32 Å². The van der Waals surface area contributed by atoms with Crippen molar-refractivity contribution in [2.45, 2.75) is 0 Å². The zero-order valence-corrected chi connectivity index (χ0v) is 7.94. The van der Waals surface area contributed by atoms with Crippen molar-refractivity contribution in [1.29, 1.82) is 0 Å². The lowest BCUT2D eigenvalue weighted by Gasteiger charge is -1.94. The van der Waals surface area contributed by atoms with Crippen LogP contribution in [0.3, 0.4) is 0 Å². The number of carbonyl (C=O) groups is 1. The predicted molar refractivity (Wildman–Crippen MR) is 58.1 cm³/mol. The first-order valence-corrected chi connectivity index (χ1v) is 4.45. The van der Waals surface area contributed by atoms with Crippen LogP contribution < -0.4 is 5.32 Å². The molecular weight excluding hydrogens is 174 g/mol. The van der Waals surface area contributed by atoms with Gasteiger partial charge in [-0.3, -0.25) is 4.79 Å². The molecule has 0 spiro atoms. The van der Waals surface area contributed by atoms with Gasteiger partial charge >= 0.3 is 0 Å². The maximum absolute atomic E-state index is 11.5. The van der Waals surface area contributed by atoms with Crippen molar-refractivity contribution < 1.29 is 4.79 Å². The van der Waals surface area contributed by atoms with Crippen LogP contribution in [0.25, 0.3) is 0 Å². The molecule has 0 saturated heterocycles. The SMILES string of the molecule is C=CCN/C=C\C(=O)c1ccccc1. The second-order valence-electron chi connectivity index (χ2n) is 2.76. The van der Waals surface area contributed by atoms with Gasteiger partial charge in [0.25, 0.3) is 0 Å². The van der Waals surface area contributed by atoms with Crippen molar-refractivity contribution in [3.05, 3.63) is 60.8 Å². The number of hydrogen-bond acceptors (Lipinski definition) is 2. The number of ketones is 1. The Kier molecular flexibility index (Phi) is 4.21. The first kappa shape index (κ1) is 10.3. The maximum atomic E-state index is 11.5. The van der Waals surface area contributed by atoms with Gasteiger partial charge in [0.05, 0.1) is 0 Å². The molecule has 0 aromatic heterocycles. The van der Waals surface area contributed by atoms with E-state index < -0.39 is 0 Å². The fraction of sp³-hybridized carbons (Fsp3) is 0.0833. The second-order valence-corrected chi connectivity index (χ2v) is 2.76. The minimum Gasteiger partial charge on any atom is -0.387 e. The summed E-state index contributed by atoms with van der Waals surface area (Å²) in [6, 6.07) is 9.16. The molecule has 14 heavy (non-hydrogen) atoms. The third-order valence-corrected chi connectivity index (χ3v) is 1.67. The Bertz CT molecular complexity index is 327. The van der Waals surface area contributed by atoms with E-state index in [0.29, 0.717) is 12.1 Å². The summed E-state index contributed by atoms with van der Waals surface area (Å²) in [6.07, 6.45) is 4.88. The largest absolute Gasteiger partial charge is 0.387 e. The van der Waals surface area contributed by atoms with E-state index in [2.05, 4.69) is 11.9 Å².